The second-order valence-corrected chi connectivity index (χ2v) is 3.69. The zero-order valence-corrected chi connectivity index (χ0v) is 10.1. The lowest BCUT2D eigenvalue weighted by atomic mass is 10.2. The van der Waals surface area contributed by atoms with Gasteiger partial charge in [-0.1, -0.05) is 11.6 Å². The van der Waals surface area contributed by atoms with E-state index in [0.29, 0.717) is 23.1 Å². The van der Waals surface area contributed by atoms with Crippen molar-refractivity contribution < 1.29 is 9.53 Å². The number of nitrogens with two attached hydrogens (primary N) is 1. The number of ether oxygens (including phenoxy) is 1. The summed E-state index contributed by atoms with van der Waals surface area (Å²) < 4.78 is 5.33. The van der Waals surface area contributed by atoms with Crippen molar-refractivity contribution in [2.45, 2.75) is 13.8 Å². The molecule has 4 nitrogen and oxygen atoms in total. The monoisotopic (exact) mass is 242 g/mol. The van der Waals surface area contributed by atoms with Crippen molar-refractivity contribution in [1.29, 1.82) is 0 Å². The zero-order chi connectivity index (χ0) is 12.1. The third kappa shape index (κ3) is 3.12. The van der Waals surface area contributed by atoms with Gasteiger partial charge in [0.15, 0.2) is 0 Å². The van der Waals surface area contributed by atoms with Crippen molar-refractivity contribution in [3.63, 3.8) is 0 Å². The van der Waals surface area contributed by atoms with Gasteiger partial charge in [0.2, 0.25) is 5.91 Å². The minimum atomic E-state index is -0.247. The van der Waals surface area contributed by atoms with Crippen LogP contribution in [0.4, 0.5) is 5.69 Å². The van der Waals surface area contributed by atoms with Gasteiger partial charge in [-0.15, -0.1) is 0 Å². The van der Waals surface area contributed by atoms with Gasteiger partial charge >= 0.3 is 0 Å². The summed E-state index contributed by atoms with van der Waals surface area (Å²) in [7, 11) is 0. The van der Waals surface area contributed by atoms with Crippen LogP contribution < -0.4 is 15.8 Å². The van der Waals surface area contributed by atoms with E-state index in [9.17, 15) is 4.79 Å². The molecule has 1 rings (SSSR count). The first-order valence-electron chi connectivity index (χ1n) is 5.01. The summed E-state index contributed by atoms with van der Waals surface area (Å²) >= 11 is 6.00. The number of aryl methyl sites for hydroxylation is 1. The molecule has 1 aromatic carbocycles. The fraction of sp³-hybridized carbons (Fsp3) is 0.364. The Balaban J connectivity index is 2.96. The van der Waals surface area contributed by atoms with E-state index < -0.39 is 0 Å². The molecule has 3 N–H and O–H groups in total. The predicted octanol–water partition coefficient (Wildman–Crippen LogP) is 1.94. The molecule has 5 heteroatoms. The third-order valence-corrected chi connectivity index (χ3v) is 2.33. The Labute approximate surface area is 99.7 Å². The van der Waals surface area contributed by atoms with Crippen molar-refractivity contribution in [1.82, 2.24) is 0 Å². The van der Waals surface area contributed by atoms with Gasteiger partial charge < -0.3 is 15.8 Å². The molecule has 0 aliphatic heterocycles. The van der Waals surface area contributed by atoms with E-state index in [4.69, 9.17) is 22.1 Å². The summed E-state index contributed by atoms with van der Waals surface area (Å²) in [4.78, 5) is 11.1. The van der Waals surface area contributed by atoms with Gasteiger partial charge in [0, 0.05) is 5.69 Å². The van der Waals surface area contributed by atoms with E-state index in [-0.39, 0.29) is 12.5 Å². The SMILES string of the molecule is CCOc1cc(C)c(NC(=O)CN)cc1Cl. The van der Waals surface area contributed by atoms with Crippen molar-refractivity contribution in [2.24, 2.45) is 5.73 Å². The van der Waals surface area contributed by atoms with Crippen LogP contribution in [0, 0.1) is 6.92 Å². The standard InChI is InChI=1S/C11H15ClN2O2/c1-3-16-10-4-7(2)9(5-8(10)12)14-11(15)6-13/h4-5H,3,6,13H2,1-2H3,(H,14,15). The molecule has 0 saturated heterocycles. The molecular weight excluding hydrogens is 228 g/mol. The van der Waals surface area contributed by atoms with E-state index in [1.54, 1.807) is 12.1 Å². The quantitative estimate of drug-likeness (QED) is 0.848. The molecule has 0 saturated carbocycles. The Bertz CT molecular complexity index is 394. The number of carbonyl (C=O) groups is 1. The molecule has 1 aromatic rings. The summed E-state index contributed by atoms with van der Waals surface area (Å²) in [5, 5.41) is 3.14. The Hall–Kier alpha value is -1.26. The van der Waals surface area contributed by atoms with Crippen LogP contribution >= 0.6 is 11.6 Å². The van der Waals surface area contributed by atoms with E-state index in [2.05, 4.69) is 5.32 Å². The van der Waals surface area contributed by atoms with Gasteiger partial charge in [0.25, 0.3) is 0 Å². The first-order valence-corrected chi connectivity index (χ1v) is 5.39. The van der Waals surface area contributed by atoms with Crippen LogP contribution in [-0.2, 0) is 4.79 Å². The number of rotatable bonds is 4. The smallest absolute Gasteiger partial charge is 0.238 e. The van der Waals surface area contributed by atoms with Crippen molar-refractivity contribution in [3.05, 3.63) is 22.7 Å². The van der Waals surface area contributed by atoms with Gasteiger partial charge in [-0.3, -0.25) is 4.79 Å². The van der Waals surface area contributed by atoms with E-state index in [1.807, 2.05) is 13.8 Å². The van der Waals surface area contributed by atoms with Crippen LogP contribution in [0.25, 0.3) is 0 Å². The molecule has 0 atom stereocenters. The number of carbonyl (C=O) groups excluding carboxylic acids is 1. The Morgan fingerprint density at radius 2 is 2.25 bits per heavy atom. The van der Waals surface area contributed by atoms with Crippen molar-refractivity contribution in [2.75, 3.05) is 18.5 Å². The molecule has 16 heavy (non-hydrogen) atoms. The first-order chi connectivity index (χ1) is 7.58. The summed E-state index contributed by atoms with van der Waals surface area (Å²) in [6, 6.07) is 3.45. The number of hydrogen-bond acceptors (Lipinski definition) is 3. The topological polar surface area (TPSA) is 64.3 Å². The van der Waals surface area contributed by atoms with Gasteiger partial charge in [0.1, 0.15) is 5.75 Å². The minimum absolute atomic E-state index is 0.0513. The van der Waals surface area contributed by atoms with Gasteiger partial charge in [-0.2, -0.15) is 0 Å². The summed E-state index contributed by atoms with van der Waals surface area (Å²) in [5.74, 6) is 0.371. The van der Waals surface area contributed by atoms with Crippen LogP contribution in [0.3, 0.4) is 0 Å². The van der Waals surface area contributed by atoms with Gasteiger partial charge in [-0.05, 0) is 31.5 Å². The molecule has 0 unspecified atom stereocenters. The molecule has 0 fully saturated rings. The molecular formula is C11H15ClN2O2. The van der Waals surface area contributed by atoms with Crippen LogP contribution in [0.5, 0.6) is 5.75 Å². The first kappa shape index (κ1) is 12.8. The fourth-order valence-corrected chi connectivity index (χ4v) is 1.48. The normalized spacial score (nSPS) is 10.0. The number of anilines is 1. The van der Waals surface area contributed by atoms with Crippen LogP contribution in [0.15, 0.2) is 12.1 Å². The lowest BCUT2D eigenvalue weighted by Gasteiger charge is -2.11. The molecule has 0 spiro atoms. The molecule has 0 bridgehead atoms. The summed E-state index contributed by atoms with van der Waals surface area (Å²) in [5.41, 5.74) is 6.76. The van der Waals surface area contributed by atoms with Crippen LogP contribution in [0.2, 0.25) is 5.02 Å². The molecule has 0 aliphatic carbocycles. The molecule has 88 valence electrons. The Morgan fingerprint density at radius 1 is 1.56 bits per heavy atom. The van der Waals surface area contributed by atoms with E-state index in [1.165, 1.54) is 0 Å². The van der Waals surface area contributed by atoms with Crippen molar-refractivity contribution in [3.8, 4) is 5.75 Å². The number of nitrogens with one attached hydrogen (secondary N) is 1. The number of benzene rings is 1. The largest absolute Gasteiger partial charge is 0.492 e. The molecule has 0 aromatic heterocycles. The highest BCUT2D eigenvalue weighted by Crippen LogP contribution is 2.30. The zero-order valence-electron chi connectivity index (χ0n) is 9.34. The summed E-state index contributed by atoms with van der Waals surface area (Å²) in [6.07, 6.45) is 0. The average Bonchev–Trinajstić information content (AvgIpc) is 2.25. The fourth-order valence-electron chi connectivity index (χ4n) is 1.26. The third-order valence-electron chi connectivity index (χ3n) is 2.04. The highest BCUT2D eigenvalue weighted by atomic mass is 35.5. The molecule has 1 amide bonds. The lowest BCUT2D eigenvalue weighted by molar-refractivity contribution is -0.114. The predicted molar refractivity (Wildman–Crippen MR) is 65.0 cm³/mol. The maximum absolute atomic E-state index is 11.1. The second kappa shape index (κ2) is 5.72. The average molecular weight is 243 g/mol. The van der Waals surface area contributed by atoms with Crippen LogP contribution in [0.1, 0.15) is 12.5 Å². The molecule has 0 heterocycles. The van der Waals surface area contributed by atoms with Gasteiger partial charge in [-0.25, -0.2) is 0 Å². The maximum atomic E-state index is 11.1. The highest BCUT2D eigenvalue weighted by molar-refractivity contribution is 6.32. The molecule has 0 aliphatic rings. The second-order valence-electron chi connectivity index (χ2n) is 3.28. The maximum Gasteiger partial charge on any atom is 0.238 e. The van der Waals surface area contributed by atoms with Gasteiger partial charge in [0.05, 0.1) is 18.2 Å². The number of amides is 1. The number of hydrogen-bond donors (Lipinski definition) is 2. The minimum Gasteiger partial charge on any atom is -0.492 e. The molecule has 0 radical (unpaired) electrons. The van der Waals surface area contributed by atoms with E-state index in [0.717, 1.165) is 5.56 Å². The van der Waals surface area contributed by atoms with E-state index >= 15 is 0 Å². The Kier molecular flexibility index (Phi) is 4.58. The summed E-state index contributed by atoms with van der Waals surface area (Å²) in [6.45, 7) is 4.25. The lowest BCUT2D eigenvalue weighted by Crippen LogP contribution is -2.22. The highest BCUT2D eigenvalue weighted by Gasteiger charge is 2.08. The van der Waals surface area contributed by atoms with Crippen molar-refractivity contribution >= 4 is 23.2 Å². The van der Waals surface area contributed by atoms with Crippen LogP contribution in [-0.4, -0.2) is 19.1 Å². The Morgan fingerprint density at radius 3 is 2.81 bits per heavy atom. The number of halogens is 1.